The minimum atomic E-state index is -0.276. The summed E-state index contributed by atoms with van der Waals surface area (Å²) in [5, 5.41) is 2.81. The van der Waals surface area contributed by atoms with Crippen LogP contribution in [0.25, 0.3) is 0 Å². The van der Waals surface area contributed by atoms with Crippen LogP contribution in [0.15, 0.2) is 47.3 Å². The molecular formula is C15H17NO4. The van der Waals surface area contributed by atoms with Gasteiger partial charge in [0, 0.05) is 19.2 Å². The van der Waals surface area contributed by atoms with Crippen molar-refractivity contribution in [3.8, 4) is 5.75 Å². The average Bonchev–Trinajstić information content (AvgIpc) is 3.02. The van der Waals surface area contributed by atoms with Gasteiger partial charge in [0.25, 0.3) is 5.91 Å². The van der Waals surface area contributed by atoms with Crippen molar-refractivity contribution >= 4 is 5.91 Å². The number of rotatable bonds is 6. The summed E-state index contributed by atoms with van der Waals surface area (Å²) in [5.41, 5.74) is 1.38. The topological polar surface area (TPSA) is 60.7 Å². The van der Waals surface area contributed by atoms with Crippen LogP contribution < -0.4 is 10.1 Å². The first kappa shape index (κ1) is 14.1. The highest BCUT2D eigenvalue weighted by Gasteiger charge is 2.17. The Bertz CT molecular complexity index is 551. The number of carbonyl (C=O) groups excluding carboxylic acids is 1. The molecule has 0 unspecified atom stereocenters. The molecule has 106 valence electrons. The van der Waals surface area contributed by atoms with E-state index in [4.69, 9.17) is 13.9 Å². The Balaban J connectivity index is 2.04. The number of amides is 1. The molecule has 1 heterocycles. The Morgan fingerprint density at radius 3 is 2.75 bits per heavy atom. The van der Waals surface area contributed by atoms with Crippen LogP contribution in [0.3, 0.4) is 0 Å². The van der Waals surface area contributed by atoms with Gasteiger partial charge < -0.3 is 19.2 Å². The van der Waals surface area contributed by atoms with Crippen molar-refractivity contribution in [3.63, 3.8) is 0 Å². The summed E-state index contributed by atoms with van der Waals surface area (Å²) in [6.07, 6.45) is 2.59. The second kappa shape index (κ2) is 6.77. The van der Waals surface area contributed by atoms with Crippen molar-refractivity contribution in [2.24, 2.45) is 0 Å². The van der Waals surface area contributed by atoms with E-state index < -0.39 is 0 Å². The first-order valence-corrected chi connectivity index (χ1v) is 6.22. The SMILES string of the molecule is COc1ccccc1[C@@H](CNC(=O)c1ccoc1)OC. The van der Waals surface area contributed by atoms with E-state index in [1.807, 2.05) is 24.3 Å². The number of hydrogen-bond acceptors (Lipinski definition) is 4. The lowest BCUT2D eigenvalue weighted by Gasteiger charge is -2.18. The molecule has 0 aliphatic rings. The van der Waals surface area contributed by atoms with Crippen LogP contribution in [0.1, 0.15) is 22.0 Å². The molecule has 5 nitrogen and oxygen atoms in total. The number of benzene rings is 1. The standard InChI is InChI=1S/C15H17NO4/c1-18-13-6-4-3-5-12(13)14(19-2)9-16-15(17)11-7-8-20-10-11/h3-8,10,14H,9H2,1-2H3,(H,16,17)/t14-/m1/s1. The van der Waals surface area contributed by atoms with Crippen LogP contribution in [-0.4, -0.2) is 26.7 Å². The maximum Gasteiger partial charge on any atom is 0.254 e. The zero-order valence-electron chi connectivity index (χ0n) is 11.5. The van der Waals surface area contributed by atoms with Crippen molar-refractivity contribution in [2.75, 3.05) is 20.8 Å². The van der Waals surface area contributed by atoms with E-state index in [1.165, 1.54) is 12.5 Å². The minimum absolute atomic E-state index is 0.198. The highest BCUT2D eigenvalue weighted by molar-refractivity contribution is 5.93. The lowest BCUT2D eigenvalue weighted by Crippen LogP contribution is -2.29. The number of furan rings is 1. The molecule has 1 aromatic heterocycles. The van der Waals surface area contributed by atoms with Crippen molar-refractivity contribution in [1.29, 1.82) is 0 Å². The van der Waals surface area contributed by atoms with E-state index >= 15 is 0 Å². The summed E-state index contributed by atoms with van der Waals surface area (Å²) in [7, 11) is 3.21. The molecule has 1 aromatic carbocycles. The van der Waals surface area contributed by atoms with Crippen molar-refractivity contribution < 1.29 is 18.7 Å². The Kier molecular flexibility index (Phi) is 4.79. The van der Waals surface area contributed by atoms with Gasteiger partial charge in [-0.25, -0.2) is 0 Å². The van der Waals surface area contributed by atoms with Gasteiger partial charge in [-0.05, 0) is 12.1 Å². The molecule has 1 N–H and O–H groups in total. The smallest absolute Gasteiger partial charge is 0.254 e. The largest absolute Gasteiger partial charge is 0.496 e. The lowest BCUT2D eigenvalue weighted by molar-refractivity contribution is 0.0818. The van der Waals surface area contributed by atoms with E-state index in [0.717, 1.165) is 11.3 Å². The number of nitrogens with one attached hydrogen (secondary N) is 1. The van der Waals surface area contributed by atoms with E-state index in [0.29, 0.717) is 12.1 Å². The predicted octanol–water partition coefficient (Wildman–Crippen LogP) is 2.41. The molecule has 0 radical (unpaired) electrons. The summed E-state index contributed by atoms with van der Waals surface area (Å²) in [6, 6.07) is 9.18. The maximum atomic E-state index is 11.9. The van der Waals surface area contributed by atoms with Crippen LogP contribution >= 0.6 is 0 Å². The molecule has 0 saturated heterocycles. The van der Waals surface area contributed by atoms with Gasteiger partial charge in [0.1, 0.15) is 18.1 Å². The van der Waals surface area contributed by atoms with Crippen molar-refractivity contribution in [3.05, 3.63) is 54.0 Å². The van der Waals surface area contributed by atoms with Gasteiger partial charge in [0.15, 0.2) is 0 Å². The summed E-state index contributed by atoms with van der Waals surface area (Å²) in [6.45, 7) is 0.348. The minimum Gasteiger partial charge on any atom is -0.496 e. The molecule has 0 aliphatic carbocycles. The van der Waals surface area contributed by atoms with Gasteiger partial charge in [-0.15, -0.1) is 0 Å². The van der Waals surface area contributed by atoms with Gasteiger partial charge in [-0.3, -0.25) is 4.79 Å². The molecule has 0 bridgehead atoms. The van der Waals surface area contributed by atoms with Crippen LogP contribution in [0, 0.1) is 0 Å². The number of para-hydroxylation sites is 1. The molecule has 2 aromatic rings. The normalized spacial score (nSPS) is 11.9. The number of hydrogen-bond donors (Lipinski definition) is 1. The van der Waals surface area contributed by atoms with E-state index in [-0.39, 0.29) is 12.0 Å². The number of carbonyl (C=O) groups is 1. The van der Waals surface area contributed by atoms with Crippen LogP contribution in [0.2, 0.25) is 0 Å². The third-order valence-corrected chi connectivity index (χ3v) is 3.00. The van der Waals surface area contributed by atoms with Gasteiger partial charge in [0.05, 0.1) is 18.9 Å². The van der Waals surface area contributed by atoms with Crippen LogP contribution in [0.4, 0.5) is 0 Å². The van der Waals surface area contributed by atoms with E-state index in [1.54, 1.807) is 20.3 Å². The number of ether oxygens (including phenoxy) is 2. The third kappa shape index (κ3) is 3.19. The zero-order chi connectivity index (χ0) is 14.4. The number of methoxy groups -OCH3 is 2. The predicted molar refractivity (Wildman–Crippen MR) is 73.8 cm³/mol. The molecule has 0 fully saturated rings. The first-order valence-electron chi connectivity index (χ1n) is 6.22. The lowest BCUT2D eigenvalue weighted by atomic mass is 10.1. The Morgan fingerprint density at radius 2 is 2.10 bits per heavy atom. The molecule has 1 amide bonds. The molecule has 2 rings (SSSR count). The molecule has 0 saturated carbocycles. The van der Waals surface area contributed by atoms with Crippen molar-refractivity contribution in [1.82, 2.24) is 5.32 Å². The second-order valence-corrected chi connectivity index (χ2v) is 4.19. The highest BCUT2D eigenvalue weighted by Crippen LogP contribution is 2.26. The molecule has 0 spiro atoms. The van der Waals surface area contributed by atoms with E-state index in [9.17, 15) is 4.79 Å². The van der Waals surface area contributed by atoms with Crippen molar-refractivity contribution in [2.45, 2.75) is 6.10 Å². The van der Waals surface area contributed by atoms with Crippen LogP contribution in [0.5, 0.6) is 5.75 Å². The third-order valence-electron chi connectivity index (χ3n) is 3.00. The average molecular weight is 275 g/mol. The molecule has 20 heavy (non-hydrogen) atoms. The Labute approximate surface area is 117 Å². The van der Waals surface area contributed by atoms with E-state index in [2.05, 4.69) is 5.32 Å². The van der Waals surface area contributed by atoms with Gasteiger partial charge in [-0.1, -0.05) is 18.2 Å². The summed E-state index contributed by atoms with van der Waals surface area (Å²) < 4.78 is 15.6. The Hall–Kier alpha value is -2.27. The molecule has 5 heteroatoms. The summed E-state index contributed by atoms with van der Waals surface area (Å²) in [5.74, 6) is 0.535. The first-order chi connectivity index (χ1) is 9.76. The Morgan fingerprint density at radius 1 is 1.30 bits per heavy atom. The van der Waals surface area contributed by atoms with Gasteiger partial charge in [0.2, 0.25) is 0 Å². The summed E-state index contributed by atoms with van der Waals surface area (Å²) in [4.78, 5) is 11.9. The zero-order valence-corrected chi connectivity index (χ0v) is 11.5. The molecule has 0 aliphatic heterocycles. The summed E-state index contributed by atoms with van der Waals surface area (Å²) >= 11 is 0. The van der Waals surface area contributed by atoms with Gasteiger partial charge in [-0.2, -0.15) is 0 Å². The highest BCUT2D eigenvalue weighted by atomic mass is 16.5. The second-order valence-electron chi connectivity index (χ2n) is 4.19. The fraction of sp³-hybridized carbons (Fsp3) is 0.267. The quantitative estimate of drug-likeness (QED) is 0.879. The fourth-order valence-electron chi connectivity index (χ4n) is 1.93. The van der Waals surface area contributed by atoms with Crippen LogP contribution in [-0.2, 0) is 4.74 Å². The molecule has 1 atom stereocenters. The monoisotopic (exact) mass is 275 g/mol. The van der Waals surface area contributed by atoms with Gasteiger partial charge >= 0.3 is 0 Å². The molecular weight excluding hydrogens is 258 g/mol. The maximum absolute atomic E-state index is 11.9. The fourth-order valence-corrected chi connectivity index (χ4v) is 1.93.